The van der Waals surface area contributed by atoms with Crippen LogP contribution in [0.2, 0.25) is 0 Å². The van der Waals surface area contributed by atoms with Gasteiger partial charge in [0.2, 0.25) is 5.91 Å². The molecule has 2 aliphatic heterocycles. The Morgan fingerprint density at radius 2 is 2.00 bits per heavy atom. The van der Waals surface area contributed by atoms with Crippen molar-refractivity contribution >= 4 is 11.7 Å². The van der Waals surface area contributed by atoms with Crippen molar-refractivity contribution in [3.63, 3.8) is 0 Å². The predicted molar refractivity (Wildman–Crippen MR) is 100 cm³/mol. The highest BCUT2D eigenvalue weighted by atomic mass is 16.2. The lowest BCUT2D eigenvalue weighted by Crippen LogP contribution is -2.54. The fourth-order valence-corrected chi connectivity index (χ4v) is 3.74. The molecule has 2 N–H and O–H groups in total. The first kappa shape index (κ1) is 18.1. The molecule has 2 aliphatic rings. The van der Waals surface area contributed by atoms with Gasteiger partial charge < -0.3 is 15.5 Å². The molecule has 0 saturated carbocycles. The van der Waals surface area contributed by atoms with Gasteiger partial charge in [0.25, 0.3) is 0 Å². The Morgan fingerprint density at radius 3 is 2.64 bits per heavy atom. The summed E-state index contributed by atoms with van der Waals surface area (Å²) in [4.78, 5) is 23.7. The number of nitrogens with two attached hydrogens (primary N) is 1. The number of anilines is 1. The second-order valence-electron chi connectivity index (χ2n) is 7.97. The highest BCUT2D eigenvalue weighted by Gasteiger charge is 2.35. The number of hydrogen-bond acceptors (Lipinski definition) is 5. The number of nitrogens with zero attached hydrogens (tertiary/aromatic N) is 4. The lowest BCUT2D eigenvalue weighted by molar-refractivity contribution is -0.135. The van der Waals surface area contributed by atoms with Crippen molar-refractivity contribution in [3.05, 3.63) is 24.4 Å². The number of pyridine rings is 1. The molecular formula is C19H31N5O. The molecule has 0 aromatic carbocycles. The van der Waals surface area contributed by atoms with Crippen molar-refractivity contribution in [1.29, 1.82) is 0 Å². The Balaban J connectivity index is 1.42. The van der Waals surface area contributed by atoms with E-state index in [4.69, 9.17) is 5.73 Å². The average Bonchev–Trinajstić information content (AvgIpc) is 2.63. The molecule has 1 aromatic heterocycles. The van der Waals surface area contributed by atoms with E-state index in [0.29, 0.717) is 6.42 Å². The third-order valence-corrected chi connectivity index (χ3v) is 5.65. The Labute approximate surface area is 151 Å². The maximum atomic E-state index is 12.6. The van der Waals surface area contributed by atoms with E-state index in [-0.39, 0.29) is 17.4 Å². The number of likely N-dealkylation sites (tertiary alicyclic amines) is 1. The normalized spacial score (nSPS) is 24.4. The van der Waals surface area contributed by atoms with Gasteiger partial charge in [0.05, 0.1) is 0 Å². The van der Waals surface area contributed by atoms with Gasteiger partial charge in [-0.1, -0.05) is 19.9 Å². The molecule has 0 bridgehead atoms. The van der Waals surface area contributed by atoms with Crippen LogP contribution in [0.5, 0.6) is 0 Å². The van der Waals surface area contributed by atoms with Crippen molar-refractivity contribution < 1.29 is 4.79 Å². The molecule has 1 aromatic rings. The van der Waals surface area contributed by atoms with E-state index in [1.54, 1.807) is 0 Å². The number of piperazine rings is 1. The predicted octanol–water partition coefficient (Wildman–Crippen LogP) is 1.18. The minimum atomic E-state index is 0.0161. The molecule has 2 saturated heterocycles. The highest BCUT2D eigenvalue weighted by Crippen LogP contribution is 2.28. The highest BCUT2D eigenvalue weighted by molar-refractivity contribution is 5.76. The Bertz CT molecular complexity index is 568. The minimum absolute atomic E-state index is 0.0161. The number of aromatic nitrogens is 1. The van der Waals surface area contributed by atoms with Gasteiger partial charge in [0.1, 0.15) is 5.82 Å². The molecule has 2 fully saturated rings. The second-order valence-corrected chi connectivity index (χ2v) is 7.97. The summed E-state index contributed by atoms with van der Waals surface area (Å²) in [6.07, 6.45) is 3.35. The van der Waals surface area contributed by atoms with Crippen LogP contribution in [0.3, 0.4) is 0 Å². The molecule has 1 atom stereocenters. The Hall–Kier alpha value is -1.66. The summed E-state index contributed by atoms with van der Waals surface area (Å²) in [6, 6.07) is 6.22. The Kier molecular flexibility index (Phi) is 5.59. The molecule has 1 amide bonds. The topological polar surface area (TPSA) is 65.7 Å². The van der Waals surface area contributed by atoms with Gasteiger partial charge in [-0.15, -0.1) is 0 Å². The molecule has 3 rings (SSSR count). The van der Waals surface area contributed by atoms with Crippen LogP contribution >= 0.6 is 0 Å². The smallest absolute Gasteiger partial charge is 0.223 e. The molecule has 6 nitrogen and oxygen atoms in total. The lowest BCUT2D eigenvalue weighted by atomic mass is 9.79. The third-order valence-electron chi connectivity index (χ3n) is 5.65. The molecular weight excluding hydrogens is 314 g/mol. The van der Waals surface area contributed by atoms with E-state index in [1.807, 2.05) is 23.2 Å². The zero-order valence-corrected chi connectivity index (χ0v) is 15.5. The van der Waals surface area contributed by atoms with Crippen molar-refractivity contribution in [2.75, 3.05) is 50.7 Å². The first-order chi connectivity index (χ1) is 12.0. The lowest BCUT2D eigenvalue weighted by Gasteiger charge is -2.43. The number of piperidine rings is 1. The van der Waals surface area contributed by atoms with E-state index < -0.39 is 0 Å². The van der Waals surface area contributed by atoms with Gasteiger partial charge in [0.15, 0.2) is 0 Å². The van der Waals surface area contributed by atoms with Crippen LogP contribution in [0, 0.1) is 5.41 Å². The number of rotatable bonds is 4. The summed E-state index contributed by atoms with van der Waals surface area (Å²) in [5, 5.41) is 0. The van der Waals surface area contributed by atoms with Gasteiger partial charge in [-0.3, -0.25) is 9.69 Å². The van der Waals surface area contributed by atoms with Gasteiger partial charge in [0, 0.05) is 64.5 Å². The van der Waals surface area contributed by atoms with E-state index in [9.17, 15) is 4.79 Å². The van der Waals surface area contributed by atoms with Crippen LogP contribution < -0.4 is 10.6 Å². The zero-order valence-electron chi connectivity index (χ0n) is 15.5. The quantitative estimate of drug-likeness (QED) is 0.888. The third kappa shape index (κ3) is 4.50. The summed E-state index contributed by atoms with van der Waals surface area (Å²) >= 11 is 0. The van der Waals surface area contributed by atoms with Crippen LogP contribution in [0.1, 0.15) is 26.7 Å². The fourth-order valence-electron chi connectivity index (χ4n) is 3.74. The largest absolute Gasteiger partial charge is 0.354 e. The van der Waals surface area contributed by atoms with Crippen molar-refractivity contribution in [3.8, 4) is 0 Å². The number of carbonyl (C=O) groups excluding carboxylic acids is 1. The van der Waals surface area contributed by atoms with Crippen molar-refractivity contribution in [2.45, 2.75) is 32.7 Å². The van der Waals surface area contributed by atoms with Gasteiger partial charge >= 0.3 is 0 Å². The maximum absolute atomic E-state index is 12.6. The number of amides is 1. The minimum Gasteiger partial charge on any atom is -0.354 e. The standard InChI is InChI=1S/C19H31N5O/c1-19(2)15-24(10-6-16(19)20)18(25)7-9-22-11-13-23(14-12-22)17-5-3-4-8-21-17/h3-5,8,16H,6-7,9-15,20H2,1-2H3. The summed E-state index contributed by atoms with van der Waals surface area (Å²) in [5.41, 5.74) is 6.19. The summed E-state index contributed by atoms with van der Waals surface area (Å²) in [6.45, 7) is 10.7. The first-order valence-electron chi connectivity index (χ1n) is 9.37. The molecule has 1 unspecified atom stereocenters. The molecule has 6 heteroatoms. The van der Waals surface area contributed by atoms with Crippen LogP contribution in [0.4, 0.5) is 5.82 Å². The monoisotopic (exact) mass is 345 g/mol. The summed E-state index contributed by atoms with van der Waals surface area (Å²) < 4.78 is 0. The fraction of sp³-hybridized carbons (Fsp3) is 0.684. The van der Waals surface area contributed by atoms with Gasteiger partial charge in [-0.05, 0) is 24.0 Å². The number of carbonyl (C=O) groups is 1. The van der Waals surface area contributed by atoms with E-state index >= 15 is 0 Å². The molecule has 0 spiro atoms. The maximum Gasteiger partial charge on any atom is 0.223 e. The zero-order chi connectivity index (χ0) is 17.9. The van der Waals surface area contributed by atoms with Crippen LogP contribution in [0.15, 0.2) is 24.4 Å². The molecule has 138 valence electrons. The number of hydrogen-bond donors (Lipinski definition) is 1. The van der Waals surface area contributed by atoms with Gasteiger partial charge in [-0.25, -0.2) is 4.98 Å². The van der Waals surface area contributed by atoms with Crippen LogP contribution in [-0.2, 0) is 4.79 Å². The van der Waals surface area contributed by atoms with E-state index in [2.05, 4.69) is 34.7 Å². The summed E-state index contributed by atoms with van der Waals surface area (Å²) in [5.74, 6) is 1.32. The molecule has 0 aliphatic carbocycles. The molecule has 3 heterocycles. The second kappa shape index (κ2) is 7.70. The van der Waals surface area contributed by atoms with Crippen LogP contribution in [-0.4, -0.2) is 72.5 Å². The molecule has 0 radical (unpaired) electrons. The van der Waals surface area contributed by atoms with E-state index in [1.165, 1.54) is 0 Å². The van der Waals surface area contributed by atoms with E-state index in [0.717, 1.165) is 58.1 Å². The van der Waals surface area contributed by atoms with Crippen LogP contribution in [0.25, 0.3) is 0 Å². The SMILES string of the molecule is CC1(C)CN(C(=O)CCN2CCN(c3ccccn3)CC2)CCC1N. The average molecular weight is 345 g/mol. The summed E-state index contributed by atoms with van der Waals surface area (Å²) in [7, 11) is 0. The molecule has 25 heavy (non-hydrogen) atoms. The van der Waals surface area contributed by atoms with Crippen molar-refractivity contribution in [2.24, 2.45) is 11.1 Å². The first-order valence-corrected chi connectivity index (χ1v) is 9.37. The van der Waals surface area contributed by atoms with Crippen molar-refractivity contribution in [1.82, 2.24) is 14.8 Å². The Morgan fingerprint density at radius 1 is 1.24 bits per heavy atom. The van der Waals surface area contributed by atoms with Gasteiger partial charge in [-0.2, -0.15) is 0 Å².